The zero-order valence-corrected chi connectivity index (χ0v) is 14.2. The van der Waals surface area contributed by atoms with E-state index in [2.05, 4.69) is 33.2 Å². The van der Waals surface area contributed by atoms with E-state index in [1.807, 2.05) is 18.2 Å². The number of rotatable bonds is 11. The van der Waals surface area contributed by atoms with Gasteiger partial charge in [0.25, 0.3) is 0 Å². The van der Waals surface area contributed by atoms with E-state index in [9.17, 15) is 4.79 Å². The number of carbonyl (C=O) groups excluding carboxylic acids is 1. The van der Waals surface area contributed by atoms with Gasteiger partial charge in [0.2, 0.25) is 0 Å². The van der Waals surface area contributed by atoms with Crippen LogP contribution in [0.4, 0.5) is 0 Å². The number of hydrogen-bond acceptors (Lipinski definition) is 1. The van der Waals surface area contributed by atoms with Crippen molar-refractivity contribution in [3.05, 3.63) is 61.8 Å². The Labute approximate surface area is 136 Å². The monoisotopic (exact) mass is 309 g/mol. The van der Waals surface area contributed by atoms with Crippen molar-refractivity contribution in [2.45, 2.75) is 20.3 Å². The van der Waals surface area contributed by atoms with Gasteiger partial charge in [-0.2, -0.15) is 0 Å². The first-order valence-corrected chi connectivity index (χ1v) is 7.01. The Morgan fingerprint density at radius 3 is 1.76 bits per heavy atom. The lowest BCUT2D eigenvalue weighted by Crippen LogP contribution is -3.00. The van der Waals surface area contributed by atoms with Crippen molar-refractivity contribution in [2.24, 2.45) is 0 Å². The van der Waals surface area contributed by atoms with Gasteiger partial charge in [0.1, 0.15) is 6.54 Å². The lowest BCUT2D eigenvalue weighted by atomic mass is 10.1. The summed E-state index contributed by atoms with van der Waals surface area (Å²) in [6, 6.07) is 0. The number of ketones is 1. The fourth-order valence-electron chi connectivity index (χ4n) is 2.24. The summed E-state index contributed by atoms with van der Waals surface area (Å²) < 4.78 is 0.777. The van der Waals surface area contributed by atoms with E-state index in [1.54, 1.807) is 13.0 Å². The van der Waals surface area contributed by atoms with Crippen LogP contribution in [0.15, 0.2) is 61.8 Å². The van der Waals surface area contributed by atoms with Crippen LogP contribution < -0.4 is 12.4 Å². The van der Waals surface area contributed by atoms with Gasteiger partial charge < -0.3 is 16.9 Å². The van der Waals surface area contributed by atoms with E-state index < -0.39 is 0 Å². The van der Waals surface area contributed by atoms with Gasteiger partial charge >= 0.3 is 0 Å². The van der Waals surface area contributed by atoms with Crippen molar-refractivity contribution in [3.8, 4) is 0 Å². The zero-order valence-electron chi connectivity index (χ0n) is 13.4. The lowest BCUT2D eigenvalue weighted by Gasteiger charge is -2.37. The molecule has 0 fully saturated rings. The minimum absolute atomic E-state index is 0. The SMILES string of the molecule is C=CC[N+](CC=C)(CC=C)CC(=CC(=O)C(=C)C)CC.[Cl-]. The molecule has 0 atom stereocenters. The Morgan fingerprint density at radius 1 is 1.05 bits per heavy atom. The molecule has 0 heterocycles. The second kappa shape index (κ2) is 11.3. The molecule has 0 aromatic carbocycles. The third-order valence-corrected chi connectivity index (χ3v) is 3.30. The maximum atomic E-state index is 11.8. The quantitative estimate of drug-likeness (QED) is 0.314. The molecule has 2 nitrogen and oxygen atoms in total. The predicted octanol–water partition coefficient (Wildman–Crippen LogP) is 0.847. The molecule has 0 aromatic rings. The summed E-state index contributed by atoms with van der Waals surface area (Å²) in [7, 11) is 0. The summed E-state index contributed by atoms with van der Waals surface area (Å²) in [6.07, 6.45) is 8.33. The van der Waals surface area contributed by atoms with Gasteiger partial charge in [0.15, 0.2) is 5.78 Å². The van der Waals surface area contributed by atoms with Gasteiger partial charge in [-0.3, -0.25) is 4.79 Å². The van der Waals surface area contributed by atoms with Crippen molar-refractivity contribution in [3.63, 3.8) is 0 Å². The van der Waals surface area contributed by atoms with Crippen LogP contribution in [0.25, 0.3) is 0 Å². The molecular weight excluding hydrogens is 282 g/mol. The molecule has 0 aromatic heterocycles. The Hall–Kier alpha value is -1.38. The molecule has 0 saturated heterocycles. The van der Waals surface area contributed by atoms with Gasteiger partial charge in [-0.25, -0.2) is 0 Å². The number of allylic oxidation sites excluding steroid dienone is 2. The predicted molar refractivity (Wildman–Crippen MR) is 88.5 cm³/mol. The maximum absolute atomic E-state index is 11.8. The van der Waals surface area contributed by atoms with Crippen LogP contribution in [0, 0.1) is 0 Å². The largest absolute Gasteiger partial charge is 1.00 e. The Kier molecular flexibility index (Phi) is 11.8. The van der Waals surface area contributed by atoms with Gasteiger partial charge in [-0.15, -0.1) is 0 Å². The molecule has 0 N–H and O–H groups in total. The molecule has 0 spiro atoms. The third kappa shape index (κ3) is 7.84. The molecule has 0 bridgehead atoms. The van der Waals surface area contributed by atoms with Gasteiger partial charge in [0.05, 0.1) is 19.6 Å². The fourth-order valence-corrected chi connectivity index (χ4v) is 2.24. The highest BCUT2D eigenvalue weighted by atomic mass is 35.5. The van der Waals surface area contributed by atoms with E-state index in [0.717, 1.165) is 42.7 Å². The van der Waals surface area contributed by atoms with Crippen molar-refractivity contribution in [1.29, 1.82) is 0 Å². The van der Waals surface area contributed by atoms with Crippen LogP contribution in [0.2, 0.25) is 0 Å². The fraction of sp³-hybridized carbons (Fsp3) is 0.389. The molecule has 3 heteroatoms. The summed E-state index contributed by atoms with van der Waals surface area (Å²) in [5.74, 6) is 0.00996. The van der Waals surface area contributed by atoms with Crippen molar-refractivity contribution in [2.75, 3.05) is 26.2 Å². The summed E-state index contributed by atoms with van der Waals surface area (Å²) in [5, 5.41) is 0. The summed E-state index contributed by atoms with van der Waals surface area (Å²) >= 11 is 0. The normalized spacial score (nSPS) is 11.2. The first kappa shape index (κ1) is 21.9. The van der Waals surface area contributed by atoms with Crippen molar-refractivity contribution >= 4 is 5.78 Å². The average molecular weight is 310 g/mol. The Balaban J connectivity index is 0. The first-order valence-electron chi connectivity index (χ1n) is 7.01. The van der Waals surface area contributed by atoms with Gasteiger partial charge in [-0.05, 0) is 48.8 Å². The summed E-state index contributed by atoms with van der Waals surface area (Å²) in [4.78, 5) is 11.8. The number of hydrogen-bond donors (Lipinski definition) is 0. The number of halogens is 1. The topological polar surface area (TPSA) is 17.1 Å². The van der Waals surface area contributed by atoms with Crippen LogP contribution in [-0.2, 0) is 4.79 Å². The molecule has 0 radical (unpaired) electrons. The van der Waals surface area contributed by atoms with Crippen LogP contribution in [-0.4, -0.2) is 36.4 Å². The molecule has 21 heavy (non-hydrogen) atoms. The molecule has 0 aliphatic carbocycles. The highest BCUT2D eigenvalue weighted by Crippen LogP contribution is 2.15. The van der Waals surface area contributed by atoms with Crippen molar-refractivity contribution in [1.82, 2.24) is 0 Å². The molecule has 118 valence electrons. The van der Waals surface area contributed by atoms with Gasteiger partial charge in [-0.1, -0.05) is 33.2 Å². The second-order valence-electron chi connectivity index (χ2n) is 5.21. The third-order valence-electron chi connectivity index (χ3n) is 3.30. The number of quaternary nitrogens is 1. The highest BCUT2D eigenvalue weighted by Gasteiger charge is 2.24. The van der Waals surface area contributed by atoms with Crippen molar-refractivity contribution < 1.29 is 21.7 Å². The Bertz CT molecular complexity index is 394. The van der Waals surface area contributed by atoms with Crippen LogP contribution in [0.3, 0.4) is 0 Å². The molecule has 0 amide bonds. The minimum atomic E-state index is 0. The molecule has 0 aliphatic heterocycles. The lowest BCUT2D eigenvalue weighted by molar-refractivity contribution is -0.907. The van der Waals surface area contributed by atoms with E-state index in [0.29, 0.717) is 5.57 Å². The standard InChI is InChI=1S/C18H28NO.ClH/c1-7-11-19(12-8-2,13-9-3)15-17(10-4)14-18(20)16(5)6;/h7-9,14H,1-3,5,10-13,15H2,4,6H3;1H/q+1;/p-1. The van der Waals surface area contributed by atoms with E-state index >= 15 is 0 Å². The first-order chi connectivity index (χ1) is 9.44. The van der Waals surface area contributed by atoms with Gasteiger partial charge in [0, 0.05) is 0 Å². The second-order valence-corrected chi connectivity index (χ2v) is 5.21. The minimum Gasteiger partial charge on any atom is -1.00 e. The molecule has 0 unspecified atom stereocenters. The highest BCUT2D eigenvalue weighted by molar-refractivity contribution is 6.03. The van der Waals surface area contributed by atoms with Crippen LogP contribution >= 0.6 is 0 Å². The molecule has 0 rings (SSSR count). The van der Waals surface area contributed by atoms with E-state index in [-0.39, 0.29) is 18.2 Å². The molecule has 0 aliphatic rings. The smallest absolute Gasteiger partial charge is 0.181 e. The number of carbonyl (C=O) groups is 1. The summed E-state index contributed by atoms with van der Waals surface area (Å²) in [5.41, 5.74) is 1.70. The van der Waals surface area contributed by atoms with E-state index in [1.165, 1.54) is 0 Å². The van der Waals surface area contributed by atoms with Crippen LogP contribution in [0.5, 0.6) is 0 Å². The summed E-state index contributed by atoms with van der Waals surface area (Å²) in [6.45, 7) is 22.4. The average Bonchev–Trinajstić information content (AvgIpc) is 2.38. The Morgan fingerprint density at radius 2 is 1.48 bits per heavy atom. The molecular formula is C18H28ClNO. The number of nitrogens with zero attached hydrogens (tertiary/aromatic N) is 1. The van der Waals surface area contributed by atoms with Crippen LogP contribution in [0.1, 0.15) is 20.3 Å². The zero-order chi connectivity index (χ0) is 15.6. The van der Waals surface area contributed by atoms with E-state index in [4.69, 9.17) is 0 Å². The molecule has 0 saturated carbocycles. The maximum Gasteiger partial charge on any atom is 0.181 e.